The zero-order chi connectivity index (χ0) is 22.9. The van der Waals surface area contributed by atoms with E-state index in [4.69, 9.17) is 14.9 Å². The van der Waals surface area contributed by atoms with Crippen LogP contribution in [-0.2, 0) is 16.6 Å². The quantitative estimate of drug-likeness (QED) is 0.446. The number of H-pyrrole nitrogens is 1. The largest absolute Gasteiger partial charge is 0.484 e. The average Bonchev–Trinajstić information content (AvgIpc) is 3.17. The van der Waals surface area contributed by atoms with Crippen LogP contribution in [0.2, 0.25) is 0 Å². The van der Waals surface area contributed by atoms with Gasteiger partial charge in [-0.25, -0.2) is 4.98 Å². The van der Waals surface area contributed by atoms with E-state index in [-0.39, 0.29) is 24.7 Å². The molecule has 0 aliphatic heterocycles. The second kappa shape index (κ2) is 11.8. The van der Waals surface area contributed by atoms with Crippen LogP contribution in [0.15, 0.2) is 41.7 Å². The summed E-state index contributed by atoms with van der Waals surface area (Å²) < 4.78 is 54.2. The molecule has 170 valence electrons. The van der Waals surface area contributed by atoms with E-state index in [1.807, 2.05) is 18.2 Å². The first kappa shape index (κ1) is 24.8. The fourth-order valence-electron chi connectivity index (χ4n) is 2.47. The van der Waals surface area contributed by atoms with Gasteiger partial charge in [0.2, 0.25) is 0 Å². The number of imidazole rings is 1. The molecule has 0 saturated carbocycles. The smallest absolute Gasteiger partial charge is 0.422 e. The molecule has 11 heteroatoms. The van der Waals surface area contributed by atoms with Gasteiger partial charge < -0.3 is 19.9 Å². The van der Waals surface area contributed by atoms with E-state index in [1.165, 1.54) is 12.3 Å². The molecular weight excluding hydrogens is 435 g/mol. The molecule has 1 atom stereocenters. The first-order chi connectivity index (χ1) is 14.7. The number of aromatic amines is 1. The van der Waals surface area contributed by atoms with Crippen molar-refractivity contribution in [1.82, 2.24) is 15.0 Å². The van der Waals surface area contributed by atoms with Crippen LogP contribution in [0.1, 0.15) is 24.1 Å². The van der Waals surface area contributed by atoms with Crippen molar-refractivity contribution >= 4 is 21.8 Å². The molecule has 0 fully saturated rings. The molecule has 3 N–H and O–H groups in total. The molecule has 0 aliphatic carbocycles. The summed E-state index contributed by atoms with van der Waals surface area (Å²) in [6, 6.07) is 8.62. The Hall–Kier alpha value is -2.50. The minimum absolute atomic E-state index is 0.0227. The van der Waals surface area contributed by atoms with Crippen LogP contribution in [0.3, 0.4) is 0 Å². The van der Waals surface area contributed by atoms with E-state index < -0.39 is 23.6 Å². The fraction of sp³-hybridized carbons (Fsp3) is 0.400. The minimum atomic E-state index is -4.42. The lowest BCUT2D eigenvalue weighted by Crippen LogP contribution is -2.19. The van der Waals surface area contributed by atoms with E-state index in [0.29, 0.717) is 21.9 Å². The maximum Gasteiger partial charge on any atom is 0.422 e. The number of alkyl halides is 3. The minimum Gasteiger partial charge on any atom is -0.484 e. The molecule has 3 aromatic rings. The van der Waals surface area contributed by atoms with Crippen LogP contribution in [-0.4, -0.2) is 55.4 Å². The van der Waals surface area contributed by atoms with E-state index in [2.05, 4.69) is 15.0 Å². The summed E-state index contributed by atoms with van der Waals surface area (Å²) >= 11 is 0. The highest BCUT2D eigenvalue weighted by Crippen LogP contribution is 2.24. The number of ether oxygens (including phenoxy) is 1. The predicted octanol–water partition coefficient (Wildman–Crippen LogP) is 3.27. The van der Waals surface area contributed by atoms with Crippen LogP contribution in [0.5, 0.6) is 5.75 Å². The van der Waals surface area contributed by atoms with Crippen molar-refractivity contribution in [2.45, 2.75) is 36.9 Å². The van der Waals surface area contributed by atoms with Crippen LogP contribution >= 0.6 is 0 Å². The highest BCUT2D eigenvalue weighted by Gasteiger charge is 2.29. The van der Waals surface area contributed by atoms with Gasteiger partial charge in [-0.05, 0) is 38.0 Å². The number of hydrogen-bond acceptors (Lipinski definition) is 6. The Kier molecular flexibility index (Phi) is 9.41. The summed E-state index contributed by atoms with van der Waals surface area (Å²) in [5, 5.41) is 16.5. The zero-order valence-electron chi connectivity index (χ0n) is 16.9. The molecule has 0 spiro atoms. The number of unbranched alkanes of at least 4 members (excludes halogenated alkanes) is 1. The molecule has 31 heavy (non-hydrogen) atoms. The lowest BCUT2D eigenvalue weighted by atomic mass is 10.2. The number of benzene rings is 1. The van der Waals surface area contributed by atoms with Crippen LogP contribution < -0.4 is 4.74 Å². The number of fused-ring (bicyclic) bond motifs is 1. The Morgan fingerprint density at radius 2 is 1.81 bits per heavy atom. The maximum atomic E-state index is 12.5. The number of aromatic nitrogens is 3. The number of aliphatic hydroxyl groups excluding tert-OH is 2. The molecule has 7 nitrogen and oxygen atoms in total. The molecule has 0 bridgehead atoms. The molecule has 0 saturated heterocycles. The lowest BCUT2D eigenvalue weighted by molar-refractivity contribution is -0.153. The second-order valence-electron chi connectivity index (χ2n) is 6.49. The Morgan fingerprint density at radius 3 is 2.42 bits per heavy atom. The van der Waals surface area contributed by atoms with Crippen LogP contribution in [0.4, 0.5) is 13.2 Å². The van der Waals surface area contributed by atoms with Gasteiger partial charge in [-0.2, -0.15) is 13.2 Å². The maximum absolute atomic E-state index is 12.5. The van der Waals surface area contributed by atoms with Gasteiger partial charge in [-0.3, -0.25) is 9.19 Å². The topological polar surface area (TPSA) is 108 Å². The Bertz CT molecular complexity index is 958. The number of halogens is 3. The van der Waals surface area contributed by atoms with Gasteiger partial charge in [0, 0.05) is 25.0 Å². The normalized spacial score (nSPS) is 12.3. The SMILES string of the molecule is Cc1c(OCC(F)(F)F)ccnc1C[S@@](=O)c1nc2ccccc2[nH]1.OCCCCO. The third-order valence-electron chi connectivity index (χ3n) is 4.07. The van der Waals surface area contributed by atoms with E-state index >= 15 is 0 Å². The second-order valence-corrected chi connectivity index (χ2v) is 7.85. The number of aliphatic hydroxyl groups is 2. The van der Waals surface area contributed by atoms with Crippen molar-refractivity contribution in [1.29, 1.82) is 0 Å². The summed E-state index contributed by atoms with van der Waals surface area (Å²) in [7, 11) is -1.51. The Balaban J connectivity index is 0.000000501. The molecule has 1 aromatic carbocycles. The standard InChI is InChI=1S/C16H14F3N3O2S.C4H10O2/c1-10-13(20-7-6-14(10)24-9-16(17,18)19)8-25(23)15-21-11-4-2-3-5-12(11)22-15;5-3-1-2-4-6/h2-7H,8-9H2,1H3,(H,21,22);5-6H,1-4H2/t25-;/m1./s1. The lowest BCUT2D eigenvalue weighted by Gasteiger charge is -2.13. The molecular formula is C20H24F3N3O4S. The zero-order valence-corrected chi connectivity index (χ0v) is 17.7. The van der Waals surface area contributed by atoms with Gasteiger partial charge in [-0.1, -0.05) is 12.1 Å². The number of pyridine rings is 1. The first-order valence-corrected chi connectivity index (χ1v) is 10.8. The number of rotatable bonds is 8. The van der Waals surface area contributed by atoms with Crippen molar-refractivity contribution in [3.05, 3.63) is 47.8 Å². The van der Waals surface area contributed by atoms with E-state index in [9.17, 15) is 17.4 Å². The summed E-state index contributed by atoms with van der Waals surface area (Å²) in [4.78, 5) is 11.3. The van der Waals surface area contributed by atoms with Crippen molar-refractivity contribution in [3.8, 4) is 5.75 Å². The van der Waals surface area contributed by atoms with E-state index in [1.54, 1.807) is 13.0 Å². The first-order valence-electron chi connectivity index (χ1n) is 9.44. The average molecular weight is 459 g/mol. The summed E-state index contributed by atoms with van der Waals surface area (Å²) in [6.45, 7) is 0.592. The number of para-hydroxylation sites is 2. The van der Waals surface area contributed by atoms with Crippen molar-refractivity contribution in [3.63, 3.8) is 0 Å². The highest BCUT2D eigenvalue weighted by molar-refractivity contribution is 7.84. The molecule has 0 aliphatic rings. The van der Waals surface area contributed by atoms with Gasteiger partial charge in [-0.15, -0.1) is 0 Å². The monoisotopic (exact) mass is 459 g/mol. The third kappa shape index (κ3) is 7.93. The molecule has 2 heterocycles. The molecule has 0 unspecified atom stereocenters. The highest BCUT2D eigenvalue weighted by atomic mass is 32.2. The van der Waals surface area contributed by atoms with Gasteiger partial charge in [0.15, 0.2) is 11.8 Å². The summed E-state index contributed by atoms with van der Waals surface area (Å²) in [5.41, 5.74) is 2.28. The van der Waals surface area contributed by atoms with Crippen molar-refractivity contribution in [2.24, 2.45) is 0 Å². The third-order valence-corrected chi connectivity index (χ3v) is 5.23. The van der Waals surface area contributed by atoms with Crippen LogP contribution in [0.25, 0.3) is 11.0 Å². The summed E-state index contributed by atoms with van der Waals surface area (Å²) in [5.74, 6) is 0.0958. The molecule has 3 rings (SSSR count). The van der Waals surface area contributed by atoms with Gasteiger partial charge in [0.1, 0.15) is 5.75 Å². The predicted molar refractivity (Wildman–Crippen MR) is 110 cm³/mol. The van der Waals surface area contributed by atoms with Gasteiger partial charge in [0.05, 0.1) is 33.3 Å². The van der Waals surface area contributed by atoms with Crippen molar-refractivity contribution < 1.29 is 32.3 Å². The fourth-order valence-corrected chi connectivity index (χ4v) is 3.57. The number of nitrogens with one attached hydrogen (secondary N) is 1. The van der Waals surface area contributed by atoms with Gasteiger partial charge in [0.25, 0.3) is 0 Å². The van der Waals surface area contributed by atoms with Crippen LogP contribution in [0, 0.1) is 6.92 Å². The Morgan fingerprint density at radius 1 is 1.13 bits per heavy atom. The summed E-state index contributed by atoms with van der Waals surface area (Å²) in [6.07, 6.45) is -1.65. The van der Waals surface area contributed by atoms with E-state index in [0.717, 1.165) is 18.4 Å². The Labute approximate surface area is 179 Å². The van der Waals surface area contributed by atoms with Gasteiger partial charge >= 0.3 is 6.18 Å². The van der Waals surface area contributed by atoms with Crippen molar-refractivity contribution in [2.75, 3.05) is 19.8 Å². The molecule has 0 radical (unpaired) electrons. The molecule has 2 aromatic heterocycles. The number of nitrogens with zero attached hydrogens (tertiary/aromatic N) is 2. The number of hydrogen-bond donors (Lipinski definition) is 3. The molecule has 0 amide bonds.